The van der Waals surface area contributed by atoms with Crippen molar-refractivity contribution in [2.24, 2.45) is 0 Å². The van der Waals surface area contributed by atoms with Gasteiger partial charge in [0.15, 0.2) is 0 Å². The van der Waals surface area contributed by atoms with Crippen molar-refractivity contribution in [2.75, 3.05) is 44.2 Å². The molecule has 1 N–H and O–H groups in total. The molecular weight excluding hydrogens is 324 g/mol. The van der Waals surface area contributed by atoms with Gasteiger partial charge in [-0.2, -0.15) is 0 Å². The van der Waals surface area contributed by atoms with Crippen molar-refractivity contribution >= 4 is 11.6 Å². The van der Waals surface area contributed by atoms with E-state index in [1.54, 1.807) is 0 Å². The van der Waals surface area contributed by atoms with Gasteiger partial charge < -0.3 is 14.8 Å². The number of aromatic nitrogens is 1. The summed E-state index contributed by atoms with van der Waals surface area (Å²) in [7, 11) is 0. The summed E-state index contributed by atoms with van der Waals surface area (Å²) in [6.07, 6.45) is 4.10. The van der Waals surface area contributed by atoms with Crippen molar-refractivity contribution in [1.29, 1.82) is 0 Å². The van der Waals surface area contributed by atoms with Crippen LogP contribution in [0.4, 0.5) is 5.69 Å². The highest BCUT2D eigenvalue weighted by atomic mass is 16.2. The summed E-state index contributed by atoms with van der Waals surface area (Å²) in [6, 6.07) is 12.9. The first kappa shape index (κ1) is 17.2. The molecule has 0 unspecified atom stereocenters. The molecule has 2 aliphatic heterocycles. The molecule has 0 bridgehead atoms. The minimum atomic E-state index is 0.137. The lowest BCUT2D eigenvalue weighted by atomic mass is 10.0. The average Bonchev–Trinajstić information content (AvgIpc) is 3.23. The number of carbonyl (C=O) groups is 1. The summed E-state index contributed by atoms with van der Waals surface area (Å²) >= 11 is 0. The van der Waals surface area contributed by atoms with Gasteiger partial charge in [-0.25, -0.2) is 0 Å². The van der Waals surface area contributed by atoms with Crippen molar-refractivity contribution in [1.82, 2.24) is 14.8 Å². The standard InChI is InChI=1S/C21H28N4O/c1-17-6-2-3-9-20(17)24-14-12-23(13-15-24)18-7-5-11-25(16-18)21(26)19-8-4-10-22-19/h2-4,6,8-10,18,22H,5,7,11-16H2,1H3/t18-/m0/s1. The Kier molecular flexibility index (Phi) is 4.98. The van der Waals surface area contributed by atoms with Crippen LogP contribution in [-0.2, 0) is 0 Å². The molecule has 138 valence electrons. The van der Waals surface area contributed by atoms with Crippen LogP contribution >= 0.6 is 0 Å². The summed E-state index contributed by atoms with van der Waals surface area (Å²) < 4.78 is 0. The second-order valence-electron chi connectivity index (χ2n) is 7.44. The molecule has 1 aromatic carbocycles. The molecule has 5 nitrogen and oxygen atoms in total. The van der Waals surface area contributed by atoms with Crippen molar-refractivity contribution in [3.05, 3.63) is 53.9 Å². The fraction of sp³-hybridized carbons (Fsp3) is 0.476. The third-order valence-corrected chi connectivity index (χ3v) is 5.80. The first-order valence-corrected chi connectivity index (χ1v) is 9.69. The quantitative estimate of drug-likeness (QED) is 0.924. The Morgan fingerprint density at radius 3 is 2.58 bits per heavy atom. The average molecular weight is 352 g/mol. The van der Waals surface area contributed by atoms with Crippen molar-refractivity contribution in [2.45, 2.75) is 25.8 Å². The molecule has 1 atom stereocenters. The minimum absolute atomic E-state index is 0.137. The number of nitrogens with zero attached hydrogens (tertiary/aromatic N) is 3. The Bertz CT molecular complexity index is 734. The van der Waals surface area contributed by atoms with Crippen LogP contribution in [0.2, 0.25) is 0 Å². The van der Waals surface area contributed by atoms with Crippen LogP contribution in [0.25, 0.3) is 0 Å². The number of nitrogens with one attached hydrogen (secondary N) is 1. The molecule has 1 amide bonds. The number of piperazine rings is 1. The summed E-state index contributed by atoms with van der Waals surface area (Å²) in [5.74, 6) is 0.137. The summed E-state index contributed by atoms with van der Waals surface area (Å²) in [4.78, 5) is 22.8. The number of H-pyrrole nitrogens is 1. The highest BCUT2D eigenvalue weighted by Gasteiger charge is 2.30. The Balaban J connectivity index is 1.35. The number of carbonyl (C=O) groups excluding carboxylic acids is 1. The maximum atomic E-state index is 12.6. The van der Waals surface area contributed by atoms with Crippen LogP contribution in [-0.4, -0.2) is 66.0 Å². The lowest BCUT2D eigenvalue weighted by Gasteiger charge is -2.44. The maximum Gasteiger partial charge on any atom is 0.270 e. The maximum absolute atomic E-state index is 12.6. The molecule has 0 radical (unpaired) electrons. The van der Waals surface area contributed by atoms with E-state index in [0.717, 1.165) is 45.7 Å². The molecule has 2 saturated heterocycles. The highest BCUT2D eigenvalue weighted by molar-refractivity contribution is 5.92. The second-order valence-corrected chi connectivity index (χ2v) is 7.44. The number of amides is 1. The zero-order valence-electron chi connectivity index (χ0n) is 15.5. The van der Waals surface area contributed by atoms with Crippen LogP contribution in [0.15, 0.2) is 42.6 Å². The van der Waals surface area contributed by atoms with Crippen molar-refractivity contribution in [3.8, 4) is 0 Å². The number of para-hydroxylation sites is 1. The van der Waals surface area contributed by atoms with Gasteiger partial charge in [0.25, 0.3) is 5.91 Å². The number of aryl methyl sites for hydroxylation is 1. The predicted octanol–water partition coefficient (Wildman–Crippen LogP) is 2.75. The Morgan fingerprint density at radius 1 is 1.04 bits per heavy atom. The molecule has 2 aromatic rings. The minimum Gasteiger partial charge on any atom is -0.369 e. The van der Waals surface area contributed by atoms with E-state index < -0.39 is 0 Å². The van der Waals surface area contributed by atoms with Crippen molar-refractivity contribution < 1.29 is 4.79 Å². The number of rotatable bonds is 3. The van der Waals surface area contributed by atoms with E-state index in [-0.39, 0.29) is 5.91 Å². The Hall–Kier alpha value is -2.27. The lowest BCUT2D eigenvalue weighted by Crippen LogP contribution is -2.56. The third-order valence-electron chi connectivity index (χ3n) is 5.80. The van der Waals surface area contributed by atoms with E-state index in [9.17, 15) is 4.79 Å². The zero-order chi connectivity index (χ0) is 17.9. The van der Waals surface area contributed by atoms with Crippen LogP contribution in [0.3, 0.4) is 0 Å². The topological polar surface area (TPSA) is 42.6 Å². The Morgan fingerprint density at radius 2 is 1.85 bits per heavy atom. The Labute approximate surface area is 155 Å². The van der Waals surface area contributed by atoms with Crippen LogP contribution < -0.4 is 4.90 Å². The monoisotopic (exact) mass is 352 g/mol. The molecule has 2 fully saturated rings. The van der Waals surface area contributed by atoms with Crippen LogP contribution in [0, 0.1) is 6.92 Å². The number of aromatic amines is 1. The smallest absolute Gasteiger partial charge is 0.270 e. The number of piperidine rings is 1. The highest BCUT2D eigenvalue weighted by Crippen LogP contribution is 2.23. The number of hydrogen-bond acceptors (Lipinski definition) is 3. The molecule has 26 heavy (non-hydrogen) atoms. The van der Waals surface area contributed by atoms with E-state index in [1.165, 1.54) is 17.7 Å². The summed E-state index contributed by atoms with van der Waals surface area (Å²) in [5, 5.41) is 0. The fourth-order valence-corrected chi connectivity index (χ4v) is 4.32. The van der Waals surface area contributed by atoms with E-state index in [1.807, 2.05) is 23.2 Å². The van der Waals surface area contributed by atoms with E-state index in [2.05, 4.69) is 46.0 Å². The van der Waals surface area contributed by atoms with Gasteiger partial charge in [-0.1, -0.05) is 18.2 Å². The second kappa shape index (κ2) is 7.54. The number of anilines is 1. The molecule has 0 spiro atoms. The predicted molar refractivity (Wildman–Crippen MR) is 105 cm³/mol. The molecule has 0 aliphatic carbocycles. The third kappa shape index (κ3) is 3.49. The number of benzene rings is 1. The van der Waals surface area contributed by atoms with Gasteiger partial charge in [-0.05, 0) is 43.5 Å². The molecule has 1 aromatic heterocycles. The fourth-order valence-electron chi connectivity index (χ4n) is 4.32. The largest absolute Gasteiger partial charge is 0.369 e. The van der Waals surface area contributed by atoms with Gasteiger partial charge in [0.05, 0.1) is 0 Å². The van der Waals surface area contributed by atoms with Gasteiger partial charge in [0, 0.05) is 57.2 Å². The summed E-state index contributed by atoms with van der Waals surface area (Å²) in [6.45, 7) is 8.18. The van der Waals surface area contributed by atoms with Gasteiger partial charge in [0.1, 0.15) is 5.69 Å². The molecule has 2 aliphatic rings. The van der Waals surface area contributed by atoms with Gasteiger partial charge in [-0.3, -0.25) is 9.69 Å². The van der Waals surface area contributed by atoms with Crippen LogP contribution in [0.1, 0.15) is 28.9 Å². The van der Waals surface area contributed by atoms with E-state index in [0.29, 0.717) is 11.7 Å². The first-order valence-electron chi connectivity index (χ1n) is 9.69. The van der Waals surface area contributed by atoms with Crippen molar-refractivity contribution in [3.63, 3.8) is 0 Å². The normalized spacial score (nSPS) is 21.8. The van der Waals surface area contributed by atoms with Gasteiger partial charge in [-0.15, -0.1) is 0 Å². The SMILES string of the molecule is Cc1ccccc1N1CCN([C@H]2CCCN(C(=O)c3ccc[nH]3)C2)CC1. The first-order chi connectivity index (χ1) is 12.7. The van der Waals surface area contributed by atoms with Crippen LogP contribution in [0.5, 0.6) is 0 Å². The molecular formula is C21H28N4O. The van der Waals surface area contributed by atoms with E-state index in [4.69, 9.17) is 0 Å². The van der Waals surface area contributed by atoms with Gasteiger partial charge in [0.2, 0.25) is 0 Å². The summed E-state index contributed by atoms with van der Waals surface area (Å²) in [5.41, 5.74) is 3.41. The molecule has 5 heteroatoms. The molecule has 0 saturated carbocycles. The van der Waals surface area contributed by atoms with Gasteiger partial charge >= 0.3 is 0 Å². The number of likely N-dealkylation sites (tertiary alicyclic amines) is 1. The van der Waals surface area contributed by atoms with E-state index >= 15 is 0 Å². The molecule has 4 rings (SSSR count). The molecule has 3 heterocycles. The lowest BCUT2D eigenvalue weighted by molar-refractivity contribution is 0.0559. The zero-order valence-corrected chi connectivity index (χ0v) is 15.5. The number of hydrogen-bond donors (Lipinski definition) is 1.